The smallest absolute Gasteiger partial charge is 0.306 e. The molecule has 0 amide bonds. The standard InChI is InChI=1S/C57H96O6/c1-4-7-10-13-16-19-22-24-26-27-28-29-31-33-36-38-41-44-47-50-56(59)62-53-54(63-57(60)51-48-45-42-39-34-21-18-15-12-9-6-3)52-61-55(58)49-46-43-40-37-35-32-30-25-23-20-17-14-11-8-5-2/h7,10,16,19,24-26,28-30,33,36,41,44,54H,4-6,8-9,11-15,17-18,20-23,27,31-32,34-35,37-40,42-43,45-53H2,1-3H3/b10-7-,19-16-,26-24-,29-28-,30-25-,36-33-,44-41-/t54-/m0/s1. The van der Waals surface area contributed by atoms with Gasteiger partial charge in [-0.05, 0) is 83.5 Å². The summed E-state index contributed by atoms with van der Waals surface area (Å²) in [6.07, 6.45) is 65.8. The Bertz CT molecular complexity index is 1240. The Labute approximate surface area is 388 Å². The first-order valence-corrected chi connectivity index (χ1v) is 26.1. The number of carbonyl (C=O) groups is 3. The van der Waals surface area contributed by atoms with E-state index in [1.807, 2.05) is 6.08 Å². The van der Waals surface area contributed by atoms with Crippen molar-refractivity contribution in [3.63, 3.8) is 0 Å². The topological polar surface area (TPSA) is 78.9 Å². The maximum absolute atomic E-state index is 12.8. The lowest BCUT2D eigenvalue weighted by molar-refractivity contribution is -0.166. The minimum Gasteiger partial charge on any atom is -0.462 e. The second kappa shape index (κ2) is 51.2. The number of rotatable bonds is 46. The van der Waals surface area contributed by atoms with Crippen molar-refractivity contribution in [2.24, 2.45) is 0 Å². The van der Waals surface area contributed by atoms with Gasteiger partial charge in [-0.3, -0.25) is 14.4 Å². The van der Waals surface area contributed by atoms with E-state index in [4.69, 9.17) is 14.2 Å². The summed E-state index contributed by atoms with van der Waals surface area (Å²) in [7, 11) is 0. The van der Waals surface area contributed by atoms with Gasteiger partial charge in [-0.1, -0.05) is 221 Å². The maximum atomic E-state index is 12.8. The molecule has 0 saturated carbocycles. The summed E-state index contributed by atoms with van der Waals surface area (Å²) in [6, 6.07) is 0. The Kier molecular flexibility index (Phi) is 48.5. The highest BCUT2D eigenvalue weighted by Gasteiger charge is 2.19. The predicted octanol–water partition coefficient (Wildman–Crippen LogP) is 17.2. The molecule has 0 N–H and O–H groups in total. The molecule has 0 heterocycles. The van der Waals surface area contributed by atoms with Crippen LogP contribution in [0.1, 0.15) is 239 Å². The van der Waals surface area contributed by atoms with E-state index in [-0.39, 0.29) is 37.5 Å². The number of esters is 3. The van der Waals surface area contributed by atoms with Gasteiger partial charge < -0.3 is 14.2 Å². The predicted molar refractivity (Wildman–Crippen MR) is 270 cm³/mol. The van der Waals surface area contributed by atoms with Gasteiger partial charge in [0.1, 0.15) is 13.2 Å². The average Bonchev–Trinajstić information content (AvgIpc) is 3.28. The van der Waals surface area contributed by atoms with E-state index in [0.29, 0.717) is 19.3 Å². The molecule has 360 valence electrons. The third-order valence-corrected chi connectivity index (χ3v) is 10.9. The van der Waals surface area contributed by atoms with Gasteiger partial charge in [0.15, 0.2) is 6.10 Å². The lowest BCUT2D eigenvalue weighted by Gasteiger charge is -2.18. The monoisotopic (exact) mass is 877 g/mol. The molecule has 1 atom stereocenters. The summed E-state index contributed by atoms with van der Waals surface area (Å²) in [4.78, 5) is 37.9. The van der Waals surface area contributed by atoms with Crippen LogP contribution in [0.25, 0.3) is 0 Å². The highest BCUT2D eigenvalue weighted by atomic mass is 16.6. The lowest BCUT2D eigenvalue weighted by Crippen LogP contribution is -2.30. The molecule has 6 nitrogen and oxygen atoms in total. The zero-order valence-corrected chi connectivity index (χ0v) is 41.1. The zero-order valence-electron chi connectivity index (χ0n) is 41.1. The Balaban J connectivity index is 4.47. The zero-order chi connectivity index (χ0) is 45.8. The molecule has 0 unspecified atom stereocenters. The second-order valence-electron chi connectivity index (χ2n) is 17.1. The lowest BCUT2D eigenvalue weighted by atomic mass is 10.1. The van der Waals surface area contributed by atoms with Crippen LogP contribution >= 0.6 is 0 Å². The molecular weight excluding hydrogens is 781 g/mol. The summed E-state index contributed by atoms with van der Waals surface area (Å²) >= 11 is 0. The van der Waals surface area contributed by atoms with Crippen molar-refractivity contribution in [1.82, 2.24) is 0 Å². The van der Waals surface area contributed by atoms with Crippen molar-refractivity contribution < 1.29 is 28.6 Å². The van der Waals surface area contributed by atoms with Crippen molar-refractivity contribution in [2.75, 3.05) is 13.2 Å². The van der Waals surface area contributed by atoms with Crippen molar-refractivity contribution in [1.29, 1.82) is 0 Å². The first-order valence-electron chi connectivity index (χ1n) is 26.1. The molecule has 0 aliphatic carbocycles. The van der Waals surface area contributed by atoms with Gasteiger partial charge in [-0.25, -0.2) is 0 Å². The summed E-state index contributed by atoms with van der Waals surface area (Å²) in [6.45, 7) is 6.44. The number of unbranched alkanes of at least 4 members (excludes halogenated alkanes) is 21. The normalized spacial score (nSPS) is 12.7. The summed E-state index contributed by atoms with van der Waals surface area (Å²) < 4.78 is 16.7. The number of ether oxygens (including phenoxy) is 3. The van der Waals surface area contributed by atoms with Gasteiger partial charge in [0.05, 0.1) is 0 Å². The molecule has 0 radical (unpaired) electrons. The van der Waals surface area contributed by atoms with Crippen LogP contribution in [0, 0.1) is 0 Å². The van der Waals surface area contributed by atoms with E-state index < -0.39 is 6.10 Å². The Hall–Kier alpha value is -3.41. The molecule has 0 aromatic rings. The first-order chi connectivity index (χ1) is 31.0. The van der Waals surface area contributed by atoms with E-state index >= 15 is 0 Å². The van der Waals surface area contributed by atoms with E-state index in [1.165, 1.54) is 109 Å². The molecule has 0 fully saturated rings. The van der Waals surface area contributed by atoms with Crippen molar-refractivity contribution in [3.8, 4) is 0 Å². The molecule has 0 aromatic heterocycles. The van der Waals surface area contributed by atoms with Gasteiger partial charge in [-0.15, -0.1) is 0 Å². The molecular formula is C57H96O6. The van der Waals surface area contributed by atoms with Crippen LogP contribution in [0.15, 0.2) is 85.1 Å². The summed E-state index contributed by atoms with van der Waals surface area (Å²) in [5, 5.41) is 0. The Morgan fingerprint density at radius 1 is 0.333 bits per heavy atom. The minimum absolute atomic E-state index is 0.103. The van der Waals surface area contributed by atoms with E-state index in [0.717, 1.165) is 83.5 Å². The highest BCUT2D eigenvalue weighted by molar-refractivity contribution is 5.71. The van der Waals surface area contributed by atoms with Crippen molar-refractivity contribution >= 4 is 17.9 Å². The molecule has 0 saturated heterocycles. The van der Waals surface area contributed by atoms with Gasteiger partial charge >= 0.3 is 17.9 Å². The largest absolute Gasteiger partial charge is 0.462 e. The third-order valence-electron chi connectivity index (χ3n) is 10.9. The average molecular weight is 877 g/mol. The van der Waals surface area contributed by atoms with Gasteiger partial charge in [0.2, 0.25) is 0 Å². The van der Waals surface area contributed by atoms with Crippen LogP contribution in [0.5, 0.6) is 0 Å². The Morgan fingerprint density at radius 3 is 1.06 bits per heavy atom. The summed E-state index contributed by atoms with van der Waals surface area (Å²) in [5.74, 6) is -0.998. The maximum Gasteiger partial charge on any atom is 0.306 e. The molecule has 0 aliphatic heterocycles. The SMILES string of the molecule is CC/C=C\C/C=C\C/C=C\C/C=C\C/C=C\C/C=C\CCC(=O)OC[C@H](COC(=O)CCCCCCC/C=C\CCCCCCCC)OC(=O)CCCCCCCCCCCCC. The van der Waals surface area contributed by atoms with Crippen molar-refractivity contribution in [3.05, 3.63) is 85.1 Å². The van der Waals surface area contributed by atoms with Crippen LogP contribution < -0.4 is 0 Å². The number of hydrogen-bond acceptors (Lipinski definition) is 6. The second-order valence-corrected chi connectivity index (χ2v) is 17.1. The minimum atomic E-state index is -0.807. The van der Waals surface area contributed by atoms with E-state index in [1.54, 1.807) is 0 Å². The molecule has 0 rings (SSSR count). The fourth-order valence-electron chi connectivity index (χ4n) is 6.99. The Morgan fingerprint density at radius 2 is 0.651 bits per heavy atom. The van der Waals surface area contributed by atoms with E-state index in [9.17, 15) is 14.4 Å². The van der Waals surface area contributed by atoms with Crippen LogP contribution in [0.2, 0.25) is 0 Å². The molecule has 0 aromatic carbocycles. The van der Waals surface area contributed by atoms with E-state index in [2.05, 4.69) is 99.8 Å². The molecule has 63 heavy (non-hydrogen) atoms. The van der Waals surface area contributed by atoms with Crippen molar-refractivity contribution in [2.45, 2.75) is 245 Å². The quantitative estimate of drug-likeness (QED) is 0.0262. The molecule has 6 heteroatoms. The van der Waals surface area contributed by atoms with Gasteiger partial charge in [0, 0.05) is 19.3 Å². The molecule has 0 bridgehead atoms. The van der Waals surface area contributed by atoms with Gasteiger partial charge in [0.25, 0.3) is 0 Å². The number of hydrogen-bond donors (Lipinski definition) is 0. The van der Waals surface area contributed by atoms with Crippen LogP contribution in [-0.2, 0) is 28.6 Å². The van der Waals surface area contributed by atoms with Crippen LogP contribution in [-0.4, -0.2) is 37.2 Å². The number of carbonyl (C=O) groups excluding carboxylic acids is 3. The third kappa shape index (κ3) is 49.5. The number of allylic oxidation sites excluding steroid dienone is 14. The van der Waals surface area contributed by atoms with Crippen LogP contribution in [0.3, 0.4) is 0 Å². The van der Waals surface area contributed by atoms with Gasteiger partial charge in [-0.2, -0.15) is 0 Å². The first kappa shape index (κ1) is 59.6. The fraction of sp³-hybridized carbons (Fsp3) is 0.702. The highest BCUT2D eigenvalue weighted by Crippen LogP contribution is 2.14. The van der Waals surface area contributed by atoms with Crippen LogP contribution in [0.4, 0.5) is 0 Å². The fourth-order valence-corrected chi connectivity index (χ4v) is 6.99. The molecule has 0 aliphatic rings. The summed E-state index contributed by atoms with van der Waals surface area (Å²) in [5.41, 5.74) is 0. The molecule has 0 spiro atoms.